The zero-order valence-corrected chi connectivity index (χ0v) is 11.8. The molecule has 0 radical (unpaired) electrons. The lowest BCUT2D eigenvalue weighted by molar-refractivity contribution is -0.384. The van der Waals surface area contributed by atoms with E-state index in [0.717, 1.165) is 24.8 Å². The Balaban J connectivity index is 2.28. The molecule has 0 saturated heterocycles. The molecule has 1 aromatic carbocycles. The van der Waals surface area contributed by atoms with Crippen LogP contribution < -0.4 is 10.2 Å². The standard InChI is InChI=1S/C14H19N3O3/c1-3-10(2)15-14(18)16-8-4-5-11-6-7-12(17(19)20)9-13(11)16/h6-7,9-10H,3-5,8H2,1-2H3,(H,15,18). The summed E-state index contributed by atoms with van der Waals surface area (Å²) in [6, 6.07) is 4.64. The molecular formula is C14H19N3O3. The topological polar surface area (TPSA) is 75.5 Å². The van der Waals surface area contributed by atoms with Crippen molar-refractivity contribution in [2.75, 3.05) is 11.4 Å². The Bertz CT molecular complexity index is 530. The summed E-state index contributed by atoms with van der Waals surface area (Å²) >= 11 is 0. The smallest absolute Gasteiger partial charge is 0.322 e. The highest BCUT2D eigenvalue weighted by molar-refractivity contribution is 5.93. The van der Waals surface area contributed by atoms with Crippen LogP contribution in [0.15, 0.2) is 18.2 Å². The predicted molar refractivity (Wildman–Crippen MR) is 77.0 cm³/mol. The summed E-state index contributed by atoms with van der Waals surface area (Å²) < 4.78 is 0. The summed E-state index contributed by atoms with van der Waals surface area (Å²) in [7, 11) is 0. The maximum atomic E-state index is 12.3. The first-order chi connectivity index (χ1) is 9.52. The molecule has 1 heterocycles. The zero-order valence-electron chi connectivity index (χ0n) is 11.8. The molecule has 0 spiro atoms. The number of rotatable bonds is 3. The summed E-state index contributed by atoms with van der Waals surface area (Å²) in [6.45, 7) is 4.53. The van der Waals surface area contributed by atoms with Crippen LogP contribution in [0.5, 0.6) is 0 Å². The van der Waals surface area contributed by atoms with E-state index < -0.39 is 4.92 Å². The largest absolute Gasteiger partial charge is 0.335 e. The van der Waals surface area contributed by atoms with E-state index in [2.05, 4.69) is 5.32 Å². The Labute approximate surface area is 117 Å². The van der Waals surface area contributed by atoms with E-state index in [4.69, 9.17) is 0 Å². The number of urea groups is 1. The second-order valence-corrected chi connectivity index (χ2v) is 5.08. The second kappa shape index (κ2) is 5.90. The highest BCUT2D eigenvalue weighted by Crippen LogP contribution is 2.30. The molecule has 1 N–H and O–H groups in total. The molecule has 1 unspecified atom stereocenters. The molecule has 0 aromatic heterocycles. The number of nitrogens with one attached hydrogen (secondary N) is 1. The number of aryl methyl sites for hydroxylation is 1. The molecule has 6 nitrogen and oxygen atoms in total. The average molecular weight is 277 g/mol. The third-order valence-corrected chi connectivity index (χ3v) is 3.63. The van der Waals surface area contributed by atoms with Crippen LogP contribution in [0.25, 0.3) is 0 Å². The fourth-order valence-electron chi connectivity index (χ4n) is 2.28. The number of anilines is 1. The fourth-order valence-corrected chi connectivity index (χ4v) is 2.28. The summed E-state index contributed by atoms with van der Waals surface area (Å²) in [5, 5.41) is 13.8. The van der Waals surface area contributed by atoms with E-state index in [1.807, 2.05) is 13.8 Å². The van der Waals surface area contributed by atoms with Crippen LogP contribution in [0.3, 0.4) is 0 Å². The third-order valence-electron chi connectivity index (χ3n) is 3.63. The Hall–Kier alpha value is -2.11. The number of carbonyl (C=O) groups is 1. The number of nitrogens with zero attached hydrogens (tertiary/aromatic N) is 2. The molecule has 1 aromatic rings. The van der Waals surface area contributed by atoms with Crippen molar-refractivity contribution in [3.8, 4) is 0 Å². The predicted octanol–water partition coefficient (Wildman–Crippen LogP) is 2.86. The Morgan fingerprint density at radius 3 is 2.95 bits per heavy atom. The number of carbonyl (C=O) groups excluding carboxylic acids is 1. The van der Waals surface area contributed by atoms with Gasteiger partial charge in [0.15, 0.2) is 0 Å². The summed E-state index contributed by atoms with van der Waals surface area (Å²) in [5.41, 5.74) is 1.67. The number of nitro groups is 1. The van der Waals surface area contributed by atoms with Gasteiger partial charge in [0.2, 0.25) is 0 Å². The number of non-ortho nitro benzene ring substituents is 1. The Morgan fingerprint density at radius 1 is 1.55 bits per heavy atom. The van der Waals surface area contributed by atoms with Gasteiger partial charge in [-0.3, -0.25) is 15.0 Å². The number of hydrogen-bond donors (Lipinski definition) is 1. The minimum atomic E-state index is -0.431. The van der Waals surface area contributed by atoms with Gasteiger partial charge < -0.3 is 5.32 Å². The van der Waals surface area contributed by atoms with Crippen molar-refractivity contribution in [1.29, 1.82) is 0 Å². The second-order valence-electron chi connectivity index (χ2n) is 5.08. The van der Waals surface area contributed by atoms with Crippen molar-refractivity contribution in [3.05, 3.63) is 33.9 Å². The normalized spacial score (nSPS) is 15.4. The molecule has 0 bridgehead atoms. The lowest BCUT2D eigenvalue weighted by Crippen LogP contribution is -2.45. The van der Waals surface area contributed by atoms with Crippen molar-refractivity contribution in [1.82, 2.24) is 5.32 Å². The van der Waals surface area contributed by atoms with Crippen molar-refractivity contribution in [2.45, 2.75) is 39.2 Å². The number of hydrogen-bond acceptors (Lipinski definition) is 3. The Kier molecular flexibility index (Phi) is 4.22. The van der Waals surface area contributed by atoms with Crippen molar-refractivity contribution in [2.24, 2.45) is 0 Å². The first kappa shape index (κ1) is 14.3. The Morgan fingerprint density at radius 2 is 2.30 bits per heavy atom. The molecule has 20 heavy (non-hydrogen) atoms. The molecule has 1 atom stereocenters. The lowest BCUT2D eigenvalue weighted by Gasteiger charge is -2.30. The SMILES string of the molecule is CCC(C)NC(=O)N1CCCc2ccc([N+](=O)[O-])cc21. The zero-order chi connectivity index (χ0) is 14.7. The highest BCUT2D eigenvalue weighted by atomic mass is 16.6. The van der Waals surface area contributed by atoms with Gasteiger partial charge in [-0.2, -0.15) is 0 Å². The maximum absolute atomic E-state index is 12.3. The van der Waals surface area contributed by atoms with Crippen LogP contribution in [-0.2, 0) is 6.42 Å². The van der Waals surface area contributed by atoms with Crippen molar-refractivity contribution >= 4 is 17.4 Å². The molecule has 0 saturated carbocycles. The van der Waals surface area contributed by atoms with E-state index >= 15 is 0 Å². The van der Waals surface area contributed by atoms with Crippen LogP contribution in [0.4, 0.5) is 16.2 Å². The molecule has 1 aliphatic rings. The van der Waals surface area contributed by atoms with E-state index in [-0.39, 0.29) is 17.8 Å². The van der Waals surface area contributed by atoms with Crippen LogP contribution in [0.2, 0.25) is 0 Å². The number of nitro benzene ring substituents is 1. The molecule has 108 valence electrons. The van der Waals surface area contributed by atoms with Crippen molar-refractivity contribution < 1.29 is 9.72 Å². The van der Waals surface area contributed by atoms with Crippen LogP contribution >= 0.6 is 0 Å². The summed E-state index contributed by atoms with van der Waals surface area (Å²) in [5.74, 6) is 0. The lowest BCUT2D eigenvalue weighted by atomic mass is 10.0. The van der Waals surface area contributed by atoms with E-state index in [1.165, 1.54) is 12.1 Å². The molecule has 6 heteroatoms. The third kappa shape index (κ3) is 2.89. The van der Waals surface area contributed by atoms with Gasteiger partial charge in [-0.25, -0.2) is 4.79 Å². The molecule has 2 rings (SSSR count). The van der Waals surface area contributed by atoms with Crippen LogP contribution in [-0.4, -0.2) is 23.5 Å². The fraction of sp³-hybridized carbons (Fsp3) is 0.500. The van der Waals surface area contributed by atoms with Gasteiger partial charge in [-0.05, 0) is 31.7 Å². The van der Waals surface area contributed by atoms with Gasteiger partial charge in [-0.15, -0.1) is 0 Å². The summed E-state index contributed by atoms with van der Waals surface area (Å²) in [4.78, 5) is 24.3. The maximum Gasteiger partial charge on any atom is 0.322 e. The molecule has 0 fully saturated rings. The number of benzene rings is 1. The van der Waals surface area contributed by atoms with Crippen molar-refractivity contribution in [3.63, 3.8) is 0 Å². The first-order valence-electron chi connectivity index (χ1n) is 6.88. The van der Waals surface area contributed by atoms with Gasteiger partial charge >= 0.3 is 6.03 Å². The van der Waals surface area contributed by atoms with E-state index in [9.17, 15) is 14.9 Å². The molecule has 1 aliphatic heterocycles. The number of amides is 2. The van der Waals surface area contributed by atoms with Gasteiger partial charge in [-0.1, -0.05) is 13.0 Å². The average Bonchev–Trinajstić information content (AvgIpc) is 2.45. The molecular weight excluding hydrogens is 258 g/mol. The van der Waals surface area contributed by atoms with Gasteiger partial charge in [0.25, 0.3) is 5.69 Å². The quantitative estimate of drug-likeness (QED) is 0.681. The molecule has 0 aliphatic carbocycles. The van der Waals surface area contributed by atoms with Crippen LogP contribution in [0, 0.1) is 10.1 Å². The highest BCUT2D eigenvalue weighted by Gasteiger charge is 2.25. The van der Waals surface area contributed by atoms with E-state index in [1.54, 1.807) is 11.0 Å². The van der Waals surface area contributed by atoms with Gasteiger partial charge in [0.05, 0.1) is 10.6 Å². The number of fused-ring (bicyclic) bond motifs is 1. The first-order valence-corrected chi connectivity index (χ1v) is 6.88. The molecule has 2 amide bonds. The van der Waals surface area contributed by atoms with Gasteiger partial charge in [0.1, 0.15) is 0 Å². The van der Waals surface area contributed by atoms with Gasteiger partial charge in [0, 0.05) is 24.7 Å². The summed E-state index contributed by atoms with van der Waals surface area (Å²) in [6.07, 6.45) is 2.57. The minimum absolute atomic E-state index is 0.0204. The monoisotopic (exact) mass is 277 g/mol. The van der Waals surface area contributed by atoms with E-state index in [0.29, 0.717) is 12.2 Å². The van der Waals surface area contributed by atoms with Crippen LogP contribution in [0.1, 0.15) is 32.3 Å². The minimum Gasteiger partial charge on any atom is -0.335 e.